The first kappa shape index (κ1) is 13.1. The fraction of sp³-hybridized carbons (Fsp3) is 0.133. The van der Waals surface area contributed by atoms with Crippen LogP contribution in [0.3, 0.4) is 0 Å². The average Bonchev–Trinajstić information content (AvgIpc) is 2.83. The van der Waals surface area contributed by atoms with E-state index in [4.69, 9.17) is 5.73 Å². The summed E-state index contributed by atoms with van der Waals surface area (Å²) in [5.74, 6) is -0.527. The van der Waals surface area contributed by atoms with Crippen molar-refractivity contribution in [3.63, 3.8) is 0 Å². The van der Waals surface area contributed by atoms with Gasteiger partial charge in [-0.2, -0.15) is 0 Å². The molecule has 0 aromatic heterocycles. The molecular formula is C15H12BrFN2O. The SMILES string of the molecule is Nc1cccc2c1CCN2C(=O)c1ccc(F)cc1Br. The molecule has 3 rings (SSSR count). The molecule has 0 radical (unpaired) electrons. The quantitative estimate of drug-likeness (QED) is 0.812. The highest BCUT2D eigenvalue weighted by Crippen LogP contribution is 2.34. The molecule has 0 atom stereocenters. The predicted molar refractivity (Wildman–Crippen MR) is 80.3 cm³/mol. The second kappa shape index (κ2) is 4.90. The van der Waals surface area contributed by atoms with Gasteiger partial charge in [-0.15, -0.1) is 0 Å². The minimum atomic E-state index is -0.375. The van der Waals surface area contributed by atoms with E-state index in [1.807, 2.05) is 18.2 Å². The van der Waals surface area contributed by atoms with E-state index in [2.05, 4.69) is 15.9 Å². The number of carbonyl (C=O) groups excluding carboxylic acids is 1. The first-order valence-electron chi connectivity index (χ1n) is 6.22. The molecule has 0 spiro atoms. The van der Waals surface area contributed by atoms with E-state index in [0.717, 1.165) is 17.7 Å². The lowest BCUT2D eigenvalue weighted by atomic mass is 10.1. The van der Waals surface area contributed by atoms with Crippen molar-refractivity contribution in [3.8, 4) is 0 Å². The van der Waals surface area contributed by atoms with Gasteiger partial charge in [-0.1, -0.05) is 6.07 Å². The molecule has 0 aliphatic carbocycles. The van der Waals surface area contributed by atoms with Crippen LogP contribution in [0.5, 0.6) is 0 Å². The summed E-state index contributed by atoms with van der Waals surface area (Å²) >= 11 is 3.24. The summed E-state index contributed by atoms with van der Waals surface area (Å²) in [6.07, 6.45) is 0.743. The Balaban J connectivity index is 2.00. The molecule has 3 nitrogen and oxygen atoms in total. The number of fused-ring (bicyclic) bond motifs is 1. The molecule has 102 valence electrons. The molecule has 20 heavy (non-hydrogen) atoms. The summed E-state index contributed by atoms with van der Waals surface area (Å²) < 4.78 is 13.6. The van der Waals surface area contributed by atoms with Gasteiger partial charge in [0.2, 0.25) is 0 Å². The van der Waals surface area contributed by atoms with Gasteiger partial charge in [0.1, 0.15) is 5.82 Å². The average molecular weight is 335 g/mol. The zero-order valence-electron chi connectivity index (χ0n) is 10.6. The summed E-state index contributed by atoms with van der Waals surface area (Å²) in [5.41, 5.74) is 8.91. The molecule has 5 heteroatoms. The van der Waals surface area contributed by atoms with Crippen LogP contribution in [0.2, 0.25) is 0 Å². The smallest absolute Gasteiger partial charge is 0.259 e. The monoisotopic (exact) mass is 334 g/mol. The summed E-state index contributed by atoms with van der Waals surface area (Å²) in [5, 5.41) is 0. The molecule has 0 unspecified atom stereocenters. The lowest BCUT2D eigenvalue weighted by Crippen LogP contribution is -2.29. The number of hydrogen-bond acceptors (Lipinski definition) is 2. The molecule has 2 aromatic rings. The zero-order valence-corrected chi connectivity index (χ0v) is 12.2. The van der Waals surface area contributed by atoms with E-state index in [9.17, 15) is 9.18 Å². The Bertz CT molecular complexity index is 702. The summed E-state index contributed by atoms with van der Waals surface area (Å²) in [6, 6.07) is 9.62. The highest BCUT2D eigenvalue weighted by atomic mass is 79.9. The van der Waals surface area contributed by atoms with Gasteiger partial charge in [-0.05, 0) is 52.7 Å². The maximum atomic E-state index is 13.1. The van der Waals surface area contributed by atoms with Crippen molar-refractivity contribution in [2.75, 3.05) is 17.2 Å². The fourth-order valence-corrected chi connectivity index (χ4v) is 3.00. The maximum absolute atomic E-state index is 13.1. The van der Waals surface area contributed by atoms with Crippen LogP contribution in [0.4, 0.5) is 15.8 Å². The zero-order chi connectivity index (χ0) is 14.3. The lowest BCUT2D eigenvalue weighted by molar-refractivity contribution is 0.0988. The second-order valence-electron chi connectivity index (χ2n) is 4.68. The van der Waals surface area contributed by atoms with Gasteiger partial charge in [0.15, 0.2) is 0 Å². The molecule has 1 heterocycles. The normalized spacial score (nSPS) is 13.4. The number of benzene rings is 2. The van der Waals surface area contributed by atoms with Crippen LogP contribution < -0.4 is 10.6 Å². The molecule has 2 aromatic carbocycles. The first-order valence-corrected chi connectivity index (χ1v) is 7.01. The summed E-state index contributed by atoms with van der Waals surface area (Å²) in [6.45, 7) is 0.589. The second-order valence-corrected chi connectivity index (χ2v) is 5.53. The number of hydrogen-bond donors (Lipinski definition) is 1. The van der Waals surface area contributed by atoms with Crippen molar-refractivity contribution in [2.24, 2.45) is 0 Å². The van der Waals surface area contributed by atoms with Gasteiger partial charge >= 0.3 is 0 Å². The predicted octanol–water partition coefficient (Wildman–Crippen LogP) is 3.37. The minimum Gasteiger partial charge on any atom is -0.398 e. The number of nitrogens with two attached hydrogens (primary N) is 1. The van der Waals surface area contributed by atoms with E-state index in [-0.39, 0.29) is 11.7 Å². The topological polar surface area (TPSA) is 46.3 Å². The standard InChI is InChI=1S/C15H12BrFN2O/c16-12-8-9(17)4-5-10(12)15(20)19-7-6-11-13(18)2-1-3-14(11)19/h1-5,8H,6-7,18H2. The number of nitrogens with zero attached hydrogens (tertiary/aromatic N) is 1. The molecule has 1 aliphatic rings. The van der Waals surface area contributed by atoms with Gasteiger partial charge in [-0.25, -0.2) is 4.39 Å². The highest BCUT2D eigenvalue weighted by Gasteiger charge is 2.27. The molecule has 0 saturated heterocycles. The molecule has 1 aliphatic heterocycles. The Kier molecular flexibility index (Phi) is 3.22. The Hall–Kier alpha value is -1.88. The Morgan fingerprint density at radius 3 is 2.85 bits per heavy atom. The largest absolute Gasteiger partial charge is 0.398 e. The van der Waals surface area contributed by atoms with E-state index in [1.54, 1.807) is 4.90 Å². The van der Waals surface area contributed by atoms with Gasteiger partial charge in [0.05, 0.1) is 5.56 Å². The van der Waals surface area contributed by atoms with Gasteiger partial charge < -0.3 is 10.6 Å². The summed E-state index contributed by atoms with van der Waals surface area (Å²) in [7, 11) is 0. The first-order chi connectivity index (χ1) is 9.58. The number of rotatable bonds is 1. The van der Waals surface area contributed by atoms with E-state index < -0.39 is 0 Å². The van der Waals surface area contributed by atoms with Gasteiger partial charge in [-0.3, -0.25) is 4.79 Å². The van der Waals surface area contributed by atoms with Gasteiger partial charge in [0.25, 0.3) is 5.91 Å². The third kappa shape index (κ3) is 2.08. The number of nitrogen functional groups attached to an aromatic ring is 1. The third-order valence-electron chi connectivity index (χ3n) is 3.47. The van der Waals surface area contributed by atoms with Crippen LogP contribution in [0.25, 0.3) is 0 Å². The number of amides is 1. The van der Waals surface area contributed by atoms with Gasteiger partial charge in [0, 0.05) is 28.0 Å². The van der Waals surface area contributed by atoms with Crippen LogP contribution in [-0.4, -0.2) is 12.5 Å². The maximum Gasteiger partial charge on any atom is 0.259 e. The molecule has 0 bridgehead atoms. The van der Waals surface area contributed by atoms with Crippen molar-refractivity contribution in [1.29, 1.82) is 0 Å². The Morgan fingerprint density at radius 1 is 1.30 bits per heavy atom. The molecule has 2 N–H and O–H groups in total. The minimum absolute atomic E-state index is 0.152. The highest BCUT2D eigenvalue weighted by molar-refractivity contribution is 9.10. The molecule has 1 amide bonds. The Labute approximate surface area is 124 Å². The molecule has 0 saturated carbocycles. The number of halogens is 2. The van der Waals surface area contributed by atoms with Crippen molar-refractivity contribution in [1.82, 2.24) is 0 Å². The summed E-state index contributed by atoms with van der Waals surface area (Å²) in [4.78, 5) is 14.3. The van der Waals surface area contributed by atoms with Crippen molar-refractivity contribution in [2.45, 2.75) is 6.42 Å². The van der Waals surface area contributed by atoms with Crippen LogP contribution in [0.15, 0.2) is 40.9 Å². The Morgan fingerprint density at radius 2 is 2.10 bits per heavy atom. The van der Waals surface area contributed by atoms with E-state index >= 15 is 0 Å². The van der Waals surface area contributed by atoms with Crippen molar-refractivity contribution in [3.05, 3.63) is 57.8 Å². The van der Waals surface area contributed by atoms with Crippen LogP contribution >= 0.6 is 15.9 Å². The molecule has 0 fully saturated rings. The third-order valence-corrected chi connectivity index (χ3v) is 4.13. The number of carbonyl (C=O) groups is 1. The van der Waals surface area contributed by atoms with Crippen LogP contribution in [-0.2, 0) is 6.42 Å². The van der Waals surface area contributed by atoms with E-state index in [1.165, 1.54) is 18.2 Å². The van der Waals surface area contributed by atoms with Crippen molar-refractivity contribution < 1.29 is 9.18 Å². The molecular weight excluding hydrogens is 323 g/mol. The number of anilines is 2. The van der Waals surface area contributed by atoms with E-state index in [0.29, 0.717) is 22.3 Å². The van der Waals surface area contributed by atoms with Crippen LogP contribution in [0.1, 0.15) is 15.9 Å². The fourth-order valence-electron chi connectivity index (χ4n) is 2.48. The van der Waals surface area contributed by atoms with Crippen LogP contribution in [0, 0.1) is 5.82 Å². The lowest BCUT2D eigenvalue weighted by Gasteiger charge is -2.18. The van der Waals surface area contributed by atoms with Crippen molar-refractivity contribution >= 4 is 33.2 Å².